The fraction of sp³-hybridized carbons (Fsp3) is 0.471. The average Bonchev–Trinajstić information content (AvgIpc) is 2.87. The number of likely N-dealkylation sites (tertiary alicyclic amines) is 1. The van der Waals surface area contributed by atoms with E-state index in [0.29, 0.717) is 29.1 Å². The van der Waals surface area contributed by atoms with Gasteiger partial charge in [-0.3, -0.25) is 9.69 Å². The number of amides is 1. The summed E-state index contributed by atoms with van der Waals surface area (Å²) < 4.78 is 0. The fourth-order valence-electron chi connectivity index (χ4n) is 3.23. The van der Waals surface area contributed by atoms with E-state index in [-0.39, 0.29) is 5.91 Å². The third kappa shape index (κ3) is 4.49. The maximum Gasteiger partial charge on any atom is 0.270 e. The first-order valence-electron chi connectivity index (χ1n) is 8.44. The monoisotopic (exact) mass is 362 g/mol. The summed E-state index contributed by atoms with van der Waals surface area (Å²) in [5, 5.41) is 0.554. The van der Waals surface area contributed by atoms with Gasteiger partial charge in [-0.25, -0.2) is 9.97 Å². The van der Waals surface area contributed by atoms with Crippen molar-refractivity contribution in [3.05, 3.63) is 41.1 Å². The van der Waals surface area contributed by atoms with Gasteiger partial charge in [0.2, 0.25) is 0 Å². The first-order valence-corrected chi connectivity index (χ1v) is 8.81. The minimum atomic E-state index is 0.00868. The number of aromatic amines is 1. The fourth-order valence-corrected chi connectivity index (χ4v) is 3.39. The predicted octanol–water partition coefficient (Wildman–Crippen LogP) is 2.17. The molecule has 134 valence electrons. The van der Waals surface area contributed by atoms with Gasteiger partial charge in [0.15, 0.2) is 0 Å². The molecule has 1 amide bonds. The van der Waals surface area contributed by atoms with Crippen LogP contribution in [0.4, 0.5) is 5.82 Å². The van der Waals surface area contributed by atoms with Crippen molar-refractivity contribution in [2.24, 2.45) is 0 Å². The predicted molar refractivity (Wildman–Crippen MR) is 97.3 cm³/mol. The molecule has 0 aromatic carbocycles. The standard InChI is InChI=1S/C17H23ClN6O/c1-23(11-16-20-6-4-15(19)22-16)13-3-2-7-24(8-5-13)17(25)14-9-12(18)10-21-14/h4,6,9-10,13,21H,2-3,5,7-8,11H2,1H3,(H2,19,20,22). The summed E-state index contributed by atoms with van der Waals surface area (Å²) >= 11 is 5.90. The lowest BCUT2D eigenvalue weighted by Gasteiger charge is -2.26. The number of hydrogen-bond acceptors (Lipinski definition) is 5. The van der Waals surface area contributed by atoms with Crippen molar-refractivity contribution in [3.8, 4) is 0 Å². The van der Waals surface area contributed by atoms with Gasteiger partial charge in [0.1, 0.15) is 17.3 Å². The lowest BCUT2D eigenvalue weighted by molar-refractivity contribution is 0.0752. The minimum absolute atomic E-state index is 0.00868. The third-order valence-corrected chi connectivity index (χ3v) is 4.82. The highest BCUT2D eigenvalue weighted by atomic mass is 35.5. The number of aromatic nitrogens is 3. The van der Waals surface area contributed by atoms with E-state index in [0.717, 1.165) is 38.2 Å². The highest BCUT2D eigenvalue weighted by Crippen LogP contribution is 2.19. The lowest BCUT2D eigenvalue weighted by atomic mass is 10.1. The molecule has 1 saturated heterocycles. The summed E-state index contributed by atoms with van der Waals surface area (Å²) in [5.74, 6) is 1.22. The molecular weight excluding hydrogens is 340 g/mol. The van der Waals surface area contributed by atoms with Crippen LogP contribution in [0.15, 0.2) is 24.5 Å². The van der Waals surface area contributed by atoms with Gasteiger partial charge in [-0.15, -0.1) is 0 Å². The molecule has 0 aliphatic carbocycles. The Hall–Kier alpha value is -2.12. The third-order valence-electron chi connectivity index (χ3n) is 4.60. The number of nitrogens with one attached hydrogen (secondary N) is 1. The summed E-state index contributed by atoms with van der Waals surface area (Å²) in [5.41, 5.74) is 6.27. The van der Waals surface area contributed by atoms with E-state index in [4.69, 9.17) is 17.3 Å². The van der Waals surface area contributed by atoms with Crippen LogP contribution in [0.2, 0.25) is 5.02 Å². The molecule has 2 aromatic heterocycles. The van der Waals surface area contributed by atoms with E-state index in [1.54, 1.807) is 24.5 Å². The first-order chi connectivity index (χ1) is 12.0. The van der Waals surface area contributed by atoms with Gasteiger partial charge in [-0.2, -0.15) is 0 Å². The Balaban J connectivity index is 1.58. The number of carbonyl (C=O) groups excluding carboxylic acids is 1. The van der Waals surface area contributed by atoms with Gasteiger partial charge in [-0.1, -0.05) is 11.6 Å². The largest absolute Gasteiger partial charge is 0.384 e. The van der Waals surface area contributed by atoms with Gasteiger partial charge in [0.25, 0.3) is 5.91 Å². The van der Waals surface area contributed by atoms with Crippen molar-refractivity contribution < 1.29 is 4.79 Å². The summed E-state index contributed by atoms with van der Waals surface area (Å²) in [4.78, 5) is 28.2. The van der Waals surface area contributed by atoms with Gasteiger partial charge < -0.3 is 15.6 Å². The second-order valence-corrected chi connectivity index (χ2v) is 6.86. The number of rotatable bonds is 4. The van der Waals surface area contributed by atoms with Crippen LogP contribution in [0.5, 0.6) is 0 Å². The Morgan fingerprint density at radius 3 is 3.04 bits per heavy atom. The normalized spacial score (nSPS) is 18.4. The Labute approximate surface area is 152 Å². The molecule has 0 spiro atoms. The SMILES string of the molecule is CN(Cc1nccc(N)n1)C1CCCN(C(=O)c2cc(Cl)c[nH]2)CC1. The summed E-state index contributed by atoms with van der Waals surface area (Å²) in [6, 6.07) is 3.75. The Morgan fingerprint density at radius 2 is 2.32 bits per heavy atom. The molecule has 0 saturated carbocycles. The molecule has 3 N–H and O–H groups in total. The number of nitrogens with zero attached hydrogens (tertiary/aromatic N) is 4. The Kier molecular flexibility index (Phi) is 5.55. The zero-order valence-electron chi connectivity index (χ0n) is 14.3. The van der Waals surface area contributed by atoms with Crippen molar-refractivity contribution in [2.45, 2.75) is 31.8 Å². The van der Waals surface area contributed by atoms with Crippen LogP contribution in [0.3, 0.4) is 0 Å². The highest BCUT2D eigenvalue weighted by molar-refractivity contribution is 6.30. The first kappa shape index (κ1) is 17.7. The van der Waals surface area contributed by atoms with Crippen LogP contribution in [0, 0.1) is 0 Å². The van der Waals surface area contributed by atoms with E-state index in [2.05, 4.69) is 26.9 Å². The highest BCUT2D eigenvalue weighted by Gasteiger charge is 2.24. The average molecular weight is 363 g/mol. The maximum atomic E-state index is 12.6. The lowest BCUT2D eigenvalue weighted by Crippen LogP contribution is -2.35. The molecule has 1 fully saturated rings. The Bertz CT molecular complexity index is 733. The number of nitrogens with two attached hydrogens (primary N) is 1. The van der Waals surface area contributed by atoms with Gasteiger partial charge in [0.05, 0.1) is 11.6 Å². The van der Waals surface area contributed by atoms with E-state index in [9.17, 15) is 4.79 Å². The van der Waals surface area contributed by atoms with Crippen molar-refractivity contribution in [2.75, 3.05) is 25.9 Å². The molecule has 3 heterocycles. The molecule has 1 aliphatic rings. The van der Waals surface area contributed by atoms with Crippen LogP contribution in [0.25, 0.3) is 0 Å². The minimum Gasteiger partial charge on any atom is -0.384 e. The van der Waals surface area contributed by atoms with Crippen LogP contribution >= 0.6 is 11.6 Å². The van der Waals surface area contributed by atoms with Crippen molar-refractivity contribution >= 4 is 23.3 Å². The molecule has 1 unspecified atom stereocenters. The molecule has 7 nitrogen and oxygen atoms in total. The zero-order chi connectivity index (χ0) is 17.8. The molecule has 0 radical (unpaired) electrons. The smallest absolute Gasteiger partial charge is 0.270 e. The molecule has 1 atom stereocenters. The summed E-state index contributed by atoms with van der Waals surface area (Å²) in [6.45, 7) is 2.13. The van der Waals surface area contributed by atoms with Crippen LogP contribution in [-0.2, 0) is 6.54 Å². The second kappa shape index (κ2) is 7.84. The van der Waals surface area contributed by atoms with Gasteiger partial charge in [0, 0.05) is 31.5 Å². The molecule has 3 rings (SSSR count). The number of nitrogen functional groups attached to an aromatic ring is 1. The number of hydrogen-bond donors (Lipinski definition) is 2. The zero-order valence-corrected chi connectivity index (χ0v) is 15.0. The van der Waals surface area contributed by atoms with Crippen molar-refractivity contribution in [1.82, 2.24) is 24.8 Å². The Morgan fingerprint density at radius 1 is 1.48 bits per heavy atom. The molecule has 8 heteroatoms. The van der Waals surface area contributed by atoms with E-state index >= 15 is 0 Å². The molecule has 0 bridgehead atoms. The number of H-pyrrole nitrogens is 1. The van der Waals surface area contributed by atoms with E-state index < -0.39 is 0 Å². The van der Waals surface area contributed by atoms with E-state index in [1.165, 1.54) is 0 Å². The van der Waals surface area contributed by atoms with Crippen LogP contribution in [-0.4, -0.2) is 56.8 Å². The second-order valence-electron chi connectivity index (χ2n) is 6.42. The molecule has 2 aromatic rings. The number of anilines is 1. The van der Waals surface area contributed by atoms with E-state index in [1.807, 2.05) is 4.90 Å². The summed E-state index contributed by atoms with van der Waals surface area (Å²) in [6.07, 6.45) is 6.23. The topological polar surface area (TPSA) is 91.1 Å². The molecule has 25 heavy (non-hydrogen) atoms. The molecule has 1 aliphatic heterocycles. The van der Waals surface area contributed by atoms with Crippen molar-refractivity contribution in [3.63, 3.8) is 0 Å². The van der Waals surface area contributed by atoms with Gasteiger partial charge in [-0.05, 0) is 38.4 Å². The number of halogens is 1. The van der Waals surface area contributed by atoms with Crippen LogP contribution in [0.1, 0.15) is 35.6 Å². The van der Waals surface area contributed by atoms with Crippen molar-refractivity contribution in [1.29, 1.82) is 0 Å². The maximum absolute atomic E-state index is 12.6. The van der Waals surface area contributed by atoms with Crippen LogP contribution < -0.4 is 5.73 Å². The summed E-state index contributed by atoms with van der Waals surface area (Å²) in [7, 11) is 2.07. The molecular formula is C17H23ClN6O. The number of carbonyl (C=O) groups is 1. The quantitative estimate of drug-likeness (QED) is 0.869. The van der Waals surface area contributed by atoms with Gasteiger partial charge >= 0.3 is 0 Å².